The van der Waals surface area contributed by atoms with Gasteiger partial charge in [0.05, 0.1) is 16.3 Å². The van der Waals surface area contributed by atoms with E-state index >= 15 is 0 Å². The van der Waals surface area contributed by atoms with Crippen molar-refractivity contribution in [3.63, 3.8) is 0 Å². The number of carbonyl (C=O) groups excluding carboxylic acids is 1. The Balaban J connectivity index is 1.91. The molecule has 172 valence electrons. The fourth-order valence-electron chi connectivity index (χ4n) is 3.31. The van der Waals surface area contributed by atoms with Gasteiger partial charge in [0.2, 0.25) is 0 Å². The summed E-state index contributed by atoms with van der Waals surface area (Å²) in [6, 6.07) is 17.5. The Kier molecular flexibility index (Phi) is 7.28. The Morgan fingerprint density at radius 2 is 1.48 bits per heavy atom. The molecule has 0 saturated carbocycles. The van der Waals surface area contributed by atoms with Gasteiger partial charge in [0.25, 0.3) is 15.9 Å². The van der Waals surface area contributed by atoms with Gasteiger partial charge in [-0.25, -0.2) is 18.2 Å². The first kappa shape index (κ1) is 24.1. The number of hydrazone groups is 1. The number of sulfonamides is 1. The third-order valence-electron chi connectivity index (χ3n) is 5.00. The number of aryl methyl sites for hydroxylation is 3. The topological polar surface area (TPSA) is 78.8 Å². The highest BCUT2D eigenvalue weighted by Gasteiger charge is 2.27. The molecule has 0 heterocycles. The van der Waals surface area contributed by atoms with Crippen molar-refractivity contribution in [2.75, 3.05) is 10.8 Å². The van der Waals surface area contributed by atoms with Crippen molar-refractivity contribution in [3.05, 3.63) is 94.8 Å². The van der Waals surface area contributed by atoms with Crippen LogP contribution in [0.5, 0.6) is 0 Å². The van der Waals surface area contributed by atoms with Crippen molar-refractivity contribution in [2.45, 2.75) is 32.6 Å². The second-order valence-corrected chi connectivity index (χ2v) is 9.77. The van der Waals surface area contributed by atoms with Gasteiger partial charge in [-0.05, 0) is 80.8 Å². The predicted octanol–water partition coefficient (Wildman–Crippen LogP) is 4.49. The van der Waals surface area contributed by atoms with Gasteiger partial charge in [-0.3, -0.25) is 9.10 Å². The highest BCUT2D eigenvalue weighted by molar-refractivity contribution is 7.92. The summed E-state index contributed by atoms with van der Waals surface area (Å²) in [6.07, 6.45) is 0. The number of amides is 1. The van der Waals surface area contributed by atoms with E-state index in [0.717, 1.165) is 21.0 Å². The predicted molar refractivity (Wildman–Crippen MR) is 128 cm³/mol. The van der Waals surface area contributed by atoms with Gasteiger partial charge >= 0.3 is 0 Å². The lowest BCUT2D eigenvalue weighted by Gasteiger charge is -2.24. The zero-order valence-corrected chi connectivity index (χ0v) is 19.8. The van der Waals surface area contributed by atoms with Crippen LogP contribution in [0.1, 0.15) is 29.2 Å². The van der Waals surface area contributed by atoms with Crippen LogP contribution in [0.25, 0.3) is 0 Å². The summed E-state index contributed by atoms with van der Waals surface area (Å²) in [4.78, 5) is 12.8. The van der Waals surface area contributed by atoms with E-state index < -0.39 is 22.5 Å². The van der Waals surface area contributed by atoms with Crippen LogP contribution in [0, 0.1) is 26.6 Å². The number of nitrogens with zero attached hydrogens (tertiary/aromatic N) is 2. The van der Waals surface area contributed by atoms with Crippen LogP contribution < -0.4 is 9.73 Å². The first-order chi connectivity index (χ1) is 15.6. The molecule has 0 radical (unpaired) electrons. The summed E-state index contributed by atoms with van der Waals surface area (Å²) in [5.41, 5.74) is 6.57. The van der Waals surface area contributed by atoms with Crippen LogP contribution in [-0.2, 0) is 14.8 Å². The molecule has 0 saturated heterocycles. The van der Waals surface area contributed by atoms with E-state index in [2.05, 4.69) is 10.5 Å². The van der Waals surface area contributed by atoms with E-state index in [-0.39, 0.29) is 10.7 Å². The Morgan fingerprint density at radius 3 is 2.06 bits per heavy atom. The van der Waals surface area contributed by atoms with E-state index in [1.807, 2.05) is 26.8 Å². The number of rotatable bonds is 7. The van der Waals surface area contributed by atoms with Crippen molar-refractivity contribution in [1.29, 1.82) is 0 Å². The fourth-order valence-corrected chi connectivity index (χ4v) is 4.72. The Hall–Kier alpha value is -3.52. The molecule has 0 aliphatic carbocycles. The number of hydrogen-bond acceptors (Lipinski definition) is 4. The Labute approximate surface area is 193 Å². The number of carbonyl (C=O) groups is 1. The molecular weight excluding hydrogens is 441 g/mol. The summed E-state index contributed by atoms with van der Waals surface area (Å²) in [5.74, 6) is -0.979. The van der Waals surface area contributed by atoms with Crippen LogP contribution in [0.2, 0.25) is 0 Å². The smallest absolute Gasteiger partial charge is 0.264 e. The largest absolute Gasteiger partial charge is 0.271 e. The van der Waals surface area contributed by atoms with Gasteiger partial charge in [-0.2, -0.15) is 5.10 Å². The Bertz CT molecular complexity index is 1270. The molecule has 0 fully saturated rings. The van der Waals surface area contributed by atoms with Gasteiger partial charge in [-0.1, -0.05) is 35.9 Å². The molecule has 3 rings (SSSR count). The molecule has 33 heavy (non-hydrogen) atoms. The molecule has 8 heteroatoms. The van der Waals surface area contributed by atoms with E-state index in [1.54, 1.807) is 43.3 Å². The van der Waals surface area contributed by atoms with Crippen molar-refractivity contribution >= 4 is 27.3 Å². The van der Waals surface area contributed by atoms with Crippen molar-refractivity contribution in [2.24, 2.45) is 5.10 Å². The molecule has 0 aliphatic heterocycles. The molecule has 0 atom stereocenters. The van der Waals surface area contributed by atoms with E-state index in [1.165, 1.54) is 24.3 Å². The second-order valence-electron chi connectivity index (χ2n) is 7.91. The average Bonchev–Trinajstić information content (AvgIpc) is 2.75. The van der Waals surface area contributed by atoms with Gasteiger partial charge < -0.3 is 0 Å². The third kappa shape index (κ3) is 6.04. The summed E-state index contributed by atoms with van der Waals surface area (Å²) in [6.45, 7) is 6.80. The SMILES string of the molecule is C/C(=N/NC(=O)CN(c1cc(C)cc(C)c1)S(=O)(=O)c1ccc(C)cc1)c1ccc(F)cc1. The minimum atomic E-state index is -4.01. The minimum Gasteiger partial charge on any atom is -0.271 e. The van der Waals surface area contributed by atoms with Crippen molar-refractivity contribution < 1.29 is 17.6 Å². The molecule has 0 aromatic heterocycles. The quantitative estimate of drug-likeness (QED) is 0.411. The number of nitrogens with one attached hydrogen (secondary N) is 1. The van der Waals surface area contributed by atoms with E-state index in [9.17, 15) is 17.6 Å². The molecular formula is C25H26FN3O3S. The molecule has 0 spiro atoms. The normalized spacial score (nSPS) is 11.8. The van der Waals surface area contributed by atoms with Crippen molar-refractivity contribution in [3.8, 4) is 0 Å². The lowest BCUT2D eigenvalue weighted by Crippen LogP contribution is -2.39. The fraction of sp³-hybridized carbons (Fsp3) is 0.200. The van der Waals surface area contributed by atoms with Crippen LogP contribution >= 0.6 is 0 Å². The van der Waals surface area contributed by atoms with Crippen LogP contribution in [0.15, 0.2) is 76.7 Å². The number of halogens is 1. The minimum absolute atomic E-state index is 0.0889. The summed E-state index contributed by atoms with van der Waals surface area (Å²) < 4.78 is 41.1. The van der Waals surface area contributed by atoms with Crippen LogP contribution in [-0.4, -0.2) is 26.6 Å². The maximum absolute atomic E-state index is 13.5. The molecule has 1 N–H and O–H groups in total. The second kappa shape index (κ2) is 9.95. The molecule has 1 amide bonds. The first-order valence-corrected chi connectivity index (χ1v) is 11.8. The maximum Gasteiger partial charge on any atom is 0.264 e. The standard InChI is InChI=1S/C25H26FN3O3S/c1-17-5-11-24(12-6-17)33(31,32)29(23-14-18(2)13-19(3)15-23)16-25(30)28-27-20(4)21-7-9-22(26)10-8-21/h5-15H,16H2,1-4H3,(H,28,30)/b27-20-. The molecule has 0 bridgehead atoms. The maximum atomic E-state index is 13.5. The van der Waals surface area contributed by atoms with Crippen molar-refractivity contribution in [1.82, 2.24) is 5.43 Å². The number of hydrogen-bond donors (Lipinski definition) is 1. The third-order valence-corrected chi connectivity index (χ3v) is 6.79. The van der Waals surface area contributed by atoms with Gasteiger partial charge in [0.15, 0.2) is 0 Å². The number of benzene rings is 3. The molecule has 3 aromatic rings. The zero-order chi connectivity index (χ0) is 24.2. The van der Waals surface area contributed by atoms with Crippen LogP contribution in [0.4, 0.5) is 10.1 Å². The first-order valence-electron chi connectivity index (χ1n) is 10.3. The molecule has 0 unspecified atom stereocenters. The highest BCUT2D eigenvalue weighted by Crippen LogP contribution is 2.26. The monoisotopic (exact) mass is 467 g/mol. The average molecular weight is 468 g/mol. The van der Waals surface area contributed by atoms with E-state index in [0.29, 0.717) is 17.0 Å². The van der Waals surface area contributed by atoms with Gasteiger partial charge in [-0.15, -0.1) is 0 Å². The lowest BCUT2D eigenvalue weighted by molar-refractivity contribution is -0.119. The lowest BCUT2D eigenvalue weighted by atomic mass is 10.1. The zero-order valence-electron chi connectivity index (χ0n) is 19.0. The number of anilines is 1. The summed E-state index contributed by atoms with van der Waals surface area (Å²) in [5, 5.41) is 4.05. The molecule has 6 nitrogen and oxygen atoms in total. The summed E-state index contributed by atoms with van der Waals surface area (Å²) in [7, 11) is -4.01. The highest BCUT2D eigenvalue weighted by atomic mass is 32.2. The van der Waals surface area contributed by atoms with Gasteiger partial charge in [0.1, 0.15) is 12.4 Å². The molecule has 3 aromatic carbocycles. The van der Waals surface area contributed by atoms with Gasteiger partial charge in [0, 0.05) is 0 Å². The Morgan fingerprint density at radius 1 is 0.909 bits per heavy atom. The summed E-state index contributed by atoms with van der Waals surface area (Å²) >= 11 is 0. The van der Waals surface area contributed by atoms with E-state index in [4.69, 9.17) is 0 Å². The molecule has 0 aliphatic rings. The van der Waals surface area contributed by atoms with Crippen LogP contribution in [0.3, 0.4) is 0 Å².